The maximum atomic E-state index is 14.5. The van der Waals surface area contributed by atoms with Gasteiger partial charge in [-0.05, 0) is 32.1 Å². The highest BCUT2D eigenvalue weighted by Crippen LogP contribution is 2.44. The van der Waals surface area contributed by atoms with Gasteiger partial charge < -0.3 is 4.74 Å². The van der Waals surface area contributed by atoms with E-state index in [0.717, 1.165) is 17.7 Å². The second kappa shape index (κ2) is 8.34. The summed E-state index contributed by atoms with van der Waals surface area (Å²) in [6, 6.07) is 0. The van der Waals surface area contributed by atoms with Crippen LogP contribution in [0.2, 0.25) is 0 Å². The molecule has 4 unspecified atom stereocenters. The third kappa shape index (κ3) is 5.02. The molecule has 2 saturated heterocycles. The second-order valence-corrected chi connectivity index (χ2v) is 7.08. The van der Waals surface area contributed by atoms with E-state index in [1.54, 1.807) is 0 Å². The number of ether oxygens (including phenoxy) is 1. The predicted octanol–water partition coefficient (Wildman–Crippen LogP) is 5.27. The fourth-order valence-corrected chi connectivity index (χ4v) is 3.49. The van der Waals surface area contributed by atoms with Crippen molar-refractivity contribution in [3.8, 4) is 0 Å². The zero-order valence-corrected chi connectivity index (χ0v) is 14.4. The van der Waals surface area contributed by atoms with Gasteiger partial charge in [-0.15, -0.1) is 0 Å². The zero-order chi connectivity index (χ0) is 20.5. The predicted molar refractivity (Wildman–Crippen MR) is 78.3 cm³/mol. The van der Waals surface area contributed by atoms with Crippen LogP contribution in [0.4, 0.5) is 39.5 Å². The van der Waals surface area contributed by atoms with Crippen molar-refractivity contribution in [3.05, 3.63) is 0 Å². The van der Waals surface area contributed by atoms with Crippen molar-refractivity contribution in [2.24, 2.45) is 0 Å². The molecule has 0 N–H and O–H groups in total. The molecule has 2 fully saturated rings. The maximum absolute atomic E-state index is 14.5. The summed E-state index contributed by atoms with van der Waals surface area (Å²) in [6.07, 6.45) is -17.4. The van der Waals surface area contributed by atoms with E-state index in [2.05, 4.69) is 4.74 Å². The molecule has 0 radical (unpaired) electrons. The molecule has 0 spiro atoms. The third-order valence-electron chi connectivity index (χ3n) is 5.02. The Morgan fingerprint density at radius 2 is 1.19 bits per heavy atom. The van der Waals surface area contributed by atoms with Crippen LogP contribution < -0.4 is 0 Å². The third-order valence-corrected chi connectivity index (χ3v) is 5.02. The van der Waals surface area contributed by atoms with Gasteiger partial charge in [-0.1, -0.05) is 12.8 Å². The SMILES string of the molecule is FC(N1CCCCCC1)C(F)(F)C1CCCC(C(F)(F)C(F)C(F)(F)F)O1. The molecular formula is C16H22F9NO. The topological polar surface area (TPSA) is 12.5 Å². The van der Waals surface area contributed by atoms with Crippen LogP contribution in [-0.4, -0.2) is 60.7 Å². The first kappa shape index (κ1) is 22.6. The summed E-state index contributed by atoms with van der Waals surface area (Å²) in [7, 11) is 0. The van der Waals surface area contributed by atoms with E-state index >= 15 is 0 Å². The lowest BCUT2D eigenvalue weighted by atomic mass is 9.94. The quantitative estimate of drug-likeness (QED) is 0.448. The van der Waals surface area contributed by atoms with E-state index in [-0.39, 0.29) is 19.5 Å². The van der Waals surface area contributed by atoms with E-state index in [4.69, 9.17) is 0 Å². The molecule has 27 heavy (non-hydrogen) atoms. The molecule has 2 nitrogen and oxygen atoms in total. The van der Waals surface area contributed by atoms with Gasteiger partial charge in [-0.2, -0.15) is 22.0 Å². The highest BCUT2D eigenvalue weighted by atomic mass is 19.4. The van der Waals surface area contributed by atoms with Crippen LogP contribution in [0, 0.1) is 0 Å². The Morgan fingerprint density at radius 1 is 0.704 bits per heavy atom. The summed E-state index contributed by atoms with van der Waals surface area (Å²) >= 11 is 0. The van der Waals surface area contributed by atoms with E-state index in [0.29, 0.717) is 12.8 Å². The standard InChI is InChI=1S/C16H22F9NO/c17-12(16(23,24)25)14(19,20)10-6-5-7-11(27-10)15(21,22)13(18)26-8-3-1-2-4-9-26/h10-13H,1-9H2. The Hall–Kier alpha value is -0.710. The van der Waals surface area contributed by atoms with Gasteiger partial charge in [0.1, 0.15) is 12.2 Å². The molecule has 2 aliphatic rings. The van der Waals surface area contributed by atoms with Crippen molar-refractivity contribution in [3.63, 3.8) is 0 Å². The fourth-order valence-electron chi connectivity index (χ4n) is 3.49. The van der Waals surface area contributed by atoms with Crippen molar-refractivity contribution in [1.29, 1.82) is 0 Å². The Balaban J connectivity index is 2.11. The van der Waals surface area contributed by atoms with Crippen LogP contribution in [-0.2, 0) is 4.74 Å². The van der Waals surface area contributed by atoms with Crippen molar-refractivity contribution in [1.82, 2.24) is 4.90 Å². The molecule has 0 aliphatic carbocycles. The highest BCUT2D eigenvalue weighted by molar-refractivity contribution is 4.96. The van der Waals surface area contributed by atoms with Gasteiger partial charge in [0.15, 0.2) is 0 Å². The first-order valence-electron chi connectivity index (χ1n) is 8.88. The minimum Gasteiger partial charge on any atom is -0.362 e. The first-order chi connectivity index (χ1) is 12.4. The molecule has 4 atom stereocenters. The molecular weight excluding hydrogens is 393 g/mol. The van der Waals surface area contributed by atoms with Crippen LogP contribution in [0.1, 0.15) is 44.9 Å². The number of halogens is 9. The Morgan fingerprint density at radius 3 is 1.67 bits per heavy atom. The number of hydrogen-bond acceptors (Lipinski definition) is 2. The van der Waals surface area contributed by atoms with Crippen LogP contribution in [0.25, 0.3) is 0 Å². The van der Waals surface area contributed by atoms with Gasteiger partial charge in [0, 0.05) is 13.1 Å². The molecule has 160 valence electrons. The average Bonchev–Trinajstić information content (AvgIpc) is 2.89. The molecule has 0 aromatic carbocycles. The Bertz CT molecular complexity index is 477. The molecule has 11 heteroatoms. The molecule has 0 aromatic rings. The summed E-state index contributed by atoms with van der Waals surface area (Å²) in [6.45, 7) is 0.118. The van der Waals surface area contributed by atoms with E-state index in [1.807, 2.05) is 0 Å². The zero-order valence-electron chi connectivity index (χ0n) is 14.4. The first-order valence-corrected chi connectivity index (χ1v) is 8.88. The van der Waals surface area contributed by atoms with Crippen molar-refractivity contribution < 1.29 is 44.3 Å². The molecule has 0 amide bonds. The van der Waals surface area contributed by atoms with Gasteiger partial charge in [0.25, 0.3) is 6.17 Å². The maximum Gasteiger partial charge on any atom is 0.425 e. The minimum absolute atomic E-state index is 0.0592. The molecule has 2 aliphatic heterocycles. The van der Waals surface area contributed by atoms with Gasteiger partial charge >= 0.3 is 18.0 Å². The summed E-state index contributed by atoms with van der Waals surface area (Å²) in [5, 5.41) is 0. The van der Waals surface area contributed by atoms with Gasteiger partial charge in [0.2, 0.25) is 6.30 Å². The average molecular weight is 415 g/mol. The molecule has 2 heterocycles. The lowest BCUT2D eigenvalue weighted by molar-refractivity contribution is -0.304. The number of rotatable bonds is 5. The smallest absolute Gasteiger partial charge is 0.362 e. The van der Waals surface area contributed by atoms with Crippen molar-refractivity contribution in [2.45, 2.75) is 87.6 Å². The number of nitrogens with zero attached hydrogens (tertiary/aromatic N) is 1. The fraction of sp³-hybridized carbons (Fsp3) is 1.00. The van der Waals surface area contributed by atoms with E-state index in [1.165, 1.54) is 0 Å². The van der Waals surface area contributed by atoms with Crippen molar-refractivity contribution >= 4 is 0 Å². The lowest BCUT2D eigenvalue weighted by Crippen LogP contribution is -2.58. The molecule has 2 rings (SSSR count). The molecule has 0 bridgehead atoms. The number of hydrogen-bond donors (Lipinski definition) is 0. The van der Waals surface area contributed by atoms with Gasteiger partial charge in [-0.25, -0.2) is 17.6 Å². The largest absolute Gasteiger partial charge is 0.425 e. The van der Waals surface area contributed by atoms with Gasteiger partial charge in [0.05, 0.1) is 0 Å². The van der Waals surface area contributed by atoms with Crippen molar-refractivity contribution in [2.75, 3.05) is 13.1 Å². The lowest BCUT2D eigenvalue weighted by Gasteiger charge is -2.41. The monoisotopic (exact) mass is 415 g/mol. The summed E-state index contributed by atoms with van der Waals surface area (Å²) < 4.78 is 126. The minimum atomic E-state index is -5.86. The van der Waals surface area contributed by atoms with Crippen LogP contribution in [0.15, 0.2) is 0 Å². The summed E-state index contributed by atoms with van der Waals surface area (Å²) in [5.41, 5.74) is 0. The van der Waals surface area contributed by atoms with Crippen LogP contribution in [0.5, 0.6) is 0 Å². The number of likely N-dealkylation sites (tertiary alicyclic amines) is 1. The molecule has 0 saturated carbocycles. The Kier molecular flexibility index (Phi) is 6.98. The summed E-state index contributed by atoms with van der Waals surface area (Å²) in [5.74, 6) is -9.25. The normalized spacial score (nSPS) is 29.2. The Labute approximate surface area is 151 Å². The number of alkyl halides is 9. The molecule has 0 aromatic heterocycles. The van der Waals surface area contributed by atoms with E-state index < -0.39 is 55.5 Å². The van der Waals surface area contributed by atoms with Crippen LogP contribution >= 0.6 is 0 Å². The van der Waals surface area contributed by atoms with Crippen LogP contribution in [0.3, 0.4) is 0 Å². The summed E-state index contributed by atoms with van der Waals surface area (Å²) in [4.78, 5) is 0.895. The van der Waals surface area contributed by atoms with E-state index in [9.17, 15) is 39.5 Å². The van der Waals surface area contributed by atoms with Gasteiger partial charge in [-0.3, -0.25) is 4.90 Å². The highest BCUT2D eigenvalue weighted by Gasteiger charge is 2.63. The second-order valence-electron chi connectivity index (χ2n) is 7.08.